The fraction of sp³-hybridized carbons (Fsp3) is 0.235. The number of esters is 1. The van der Waals surface area contributed by atoms with Gasteiger partial charge in [0.2, 0.25) is 5.78 Å². The van der Waals surface area contributed by atoms with E-state index in [2.05, 4.69) is 5.10 Å². The lowest BCUT2D eigenvalue weighted by Gasteiger charge is -2.04. The summed E-state index contributed by atoms with van der Waals surface area (Å²) in [5.41, 5.74) is 2.85. The first-order valence-corrected chi connectivity index (χ1v) is 7.88. The van der Waals surface area contributed by atoms with E-state index in [1.165, 1.54) is 18.2 Å². The molecule has 0 bridgehead atoms. The van der Waals surface area contributed by atoms with Crippen molar-refractivity contribution in [3.63, 3.8) is 0 Å². The second-order valence-corrected chi connectivity index (χ2v) is 6.04. The number of carbonyl (C=O) groups is 2. The zero-order valence-corrected chi connectivity index (χ0v) is 15.0. The Hall–Kier alpha value is -2.11. The molecule has 0 unspecified atom stereocenters. The number of halogens is 2. The fourth-order valence-electron chi connectivity index (χ4n) is 2.16. The standard InChI is InChI=1S/C17H16Cl2N2O3/c1-10-13(11(2)21(3)20-10)6-7-17(23)24-9-16(22)14-5-4-12(18)8-15(14)19/h4-8H,9H2,1-3H3/b7-6+. The molecule has 0 atom stereocenters. The highest BCUT2D eigenvalue weighted by molar-refractivity contribution is 6.36. The molecule has 1 heterocycles. The van der Waals surface area contributed by atoms with Crippen molar-refractivity contribution in [3.8, 4) is 0 Å². The molecule has 0 fully saturated rings. The van der Waals surface area contributed by atoms with Gasteiger partial charge in [0, 0.05) is 35.0 Å². The fourth-order valence-corrected chi connectivity index (χ4v) is 2.67. The summed E-state index contributed by atoms with van der Waals surface area (Å²) in [6.45, 7) is 3.36. The van der Waals surface area contributed by atoms with Crippen molar-refractivity contribution in [2.75, 3.05) is 6.61 Å². The Morgan fingerprint density at radius 2 is 2.00 bits per heavy atom. The third-order valence-corrected chi connectivity index (χ3v) is 4.08. The van der Waals surface area contributed by atoms with Gasteiger partial charge in [0.1, 0.15) is 0 Å². The van der Waals surface area contributed by atoms with Crippen molar-refractivity contribution >= 4 is 41.0 Å². The van der Waals surface area contributed by atoms with Gasteiger partial charge in [-0.25, -0.2) is 4.79 Å². The predicted molar refractivity (Wildman–Crippen MR) is 93.5 cm³/mol. The minimum atomic E-state index is -0.615. The molecule has 2 rings (SSSR count). The van der Waals surface area contributed by atoms with E-state index < -0.39 is 18.4 Å². The van der Waals surface area contributed by atoms with Gasteiger partial charge in [-0.3, -0.25) is 9.48 Å². The van der Waals surface area contributed by atoms with E-state index in [1.807, 2.05) is 20.9 Å². The number of carbonyl (C=O) groups excluding carboxylic acids is 2. The number of aryl methyl sites for hydroxylation is 2. The maximum atomic E-state index is 12.0. The van der Waals surface area contributed by atoms with E-state index >= 15 is 0 Å². The van der Waals surface area contributed by atoms with Gasteiger partial charge in [0.25, 0.3) is 0 Å². The van der Waals surface area contributed by atoms with E-state index in [9.17, 15) is 9.59 Å². The van der Waals surface area contributed by atoms with E-state index in [-0.39, 0.29) is 10.6 Å². The van der Waals surface area contributed by atoms with Crippen LogP contribution in [0, 0.1) is 13.8 Å². The second-order valence-electron chi connectivity index (χ2n) is 5.20. The molecular weight excluding hydrogens is 351 g/mol. The number of hydrogen-bond acceptors (Lipinski definition) is 4. The Bertz CT molecular complexity index is 825. The third kappa shape index (κ3) is 4.24. The smallest absolute Gasteiger partial charge is 0.331 e. The average molecular weight is 367 g/mol. The quantitative estimate of drug-likeness (QED) is 0.458. The molecule has 1 aromatic carbocycles. The highest BCUT2D eigenvalue weighted by Gasteiger charge is 2.13. The summed E-state index contributed by atoms with van der Waals surface area (Å²) >= 11 is 11.7. The Morgan fingerprint density at radius 1 is 1.29 bits per heavy atom. The lowest BCUT2D eigenvalue weighted by molar-refractivity contribution is -0.136. The molecule has 0 aliphatic rings. The largest absolute Gasteiger partial charge is 0.454 e. The number of ether oxygens (including phenoxy) is 1. The van der Waals surface area contributed by atoms with Crippen molar-refractivity contribution in [2.45, 2.75) is 13.8 Å². The summed E-state index contributed by atoms with van der Waals surface area (Å²) in [5, 5.41) is 4.91. The Kier molecular flexibility index (Phi) is 5.80. The predicted octanol–water partition coefficient (Wildman–Crippen LogP) is 3.78. The van der Waals surface area contributed by atoms with Crippen LogP contribution in [0.3, 0.4) is 0 Å². The summed E-state index contributed by atoms with van der Waals surface area (Å²) in [7, 11) is 1.83. The molecule has 0 N–H and O–H groups in total. The molecule has 2 aromatic rings. The topological polar surface area (TPSA) is 61.2 Å². The second kappa shape index (κ2) is 7.64. The average Bonchev–Trinajstić information content (AvgIpc) is 2.75. The summed E-state index contributed by atoms with van der Waals surface area (Å²) in [6, 6.07) is 4.52. The molecule has 5 nitrogen and oxygen atoms in total. The normalized spacial score (nSPS) is 11.0. The van der Waals surface area contributed by atoms with Crippen LogP contribution in [0.4, 0.5) is 0 Å². The molecule has 1 aromatic heterocycles. The van der Waals surface area contributed by atoms with Gasteiger partial charge < -0.3 is 4.74 Å². The number of aromatic nitrogens is 2. The molecule has 0 saturated heterocycles. The molecule has 0 saturated carbocycles. The maximum Gasteiger partial charge on any atom is 0.331 e. The third-order valence-electron chi connectivity index (χ3n) is 3.53. The minimum absolute atomic E-state index is 0.223. The first-order valence-electron chi connectivity index (χ1n) is 7.13. The Balaban J connectivity index is 1.98. The first-order chi connectivity index (χ1) is 11.3. The summed E-state index contributed by atoms with van der Waals surface area (Å²) in [6.07, 6.45) is 2.90. The lowest BCUT2D eigenvalue weighted by atomic mass is 10.1. The number of hydrogen-bond donors (Lipinski definition) is 0. The van der Waals surface area contributed by atoms with Crippen LogP contribution in [-0.2, 0) is 16.6 Å². The zero-order chi connectivity index (χ0) is 17.9. The van der Waals surface area contributed by atoms with Crippen molar-refractivity contribution in [3.05, 3.63) is 56.8 Å². The van der Waals surface area contributed by atoms with Gasteiger partial charge in [-0.1, -0.05) is 23.2 Å². The van der Waals surface area contributed by atoms with Crippen molar-refractivity contribution in [2.24, 2.45) is 7.05 Å². The van der Waals surface area contributed by atoms with Crippen LogP contribution in [0.25, 0.3) is 6.08 Å². The maximum absolute atomic E-state index is 12.0. The van der Waals surface area contributed by atoms with Crippen LogP contribution in [-0.4, -0.2) is 28.1 Å². The van der Waals surface area contributed by atoms with Crippen molar-refractivity contribution in [1.29, 1.82) is 0 Å². The molecule has 126 valence electrons. The molecule has 0 aliphatic carbocycles. The molecule has 0 radical (unpaired) electrons. The van der Waals surface area contributed by atoms with E-state index in [0.717, 1.165) is 17.0 Å². The summed E-state index contributed by atoms with van der Waals surface area (Å²) in [5.74, 6) is -1.01. The minimum Gasteiger partial charge on any atom is -0.454 e. The van der Waals surface area contributed by atoms with Crippen molar-refractivity contribution in [1.82, 2.24) is 9.78 Å². The molecular formula is C17H16Cl2N2O3. The van der Waals surface area contributed by atoms with Crippen LogP contribution in [0.15, 0.2) is 24.3 Å². The van der Waals surface area contributed by atoms with Gasteiger partial charge in [0.05, 0.1) is 10.7 Å². The van der Waals surface area contributed by atoms with E-state index in [1.54, 1.807) is 16.8 Å². The zero-order valence-electron chi connectivity index (χ0n) is 13.5. The first kappa shape index (κ1) is 18.2. The van der Waals surface area contributed by atoms with Gasteiger partial charge in [0.15, 0.2) is 6.61 Å². The number of benzene rings is 1. The van der Waals surface area contributed by atoms with E-state index in [4.69, 9.17) is 27.9 Å². The molecule has 0 aliphatic heterocycles. The van der Waals surface area contributed by atoms with Gasteiger partial charge in [-0.2, -0.15) is 5.10 Å². The Labute approximate surface area is 149 Å². The lowest BCUT2D eigenvalue weighted by Crippen LogP contribution is -2.13. The summed E-state index contributed by atoms with van der Waals surface area (Å²) < 4.78 is 6.69. The van der Waals surface area contributed by atoms with Gasteiger partial charge in [-0.15, -0.1) is 0 Å². The highest BCUT2D eigenvalue weighted by Crippen LogP contribution is 2.21. The van der Waals surface area contributed by atoms with Crippen LogP contribution < -0.4 is 0 Å². The van der Waals surface area contributed by atoms with Gasteiger partial charge >= 0.3 is 5.97 Å². The summed E-state index contributed by atoms with van der Waals surface area (Å²) in [4.78, 5) is 23.8. The van der Waals surface area contributed by atoms with Crippen LogP contribution in [0.1, 0.15) is 27.3 Å². The molecule has 0 spiro atoms. The highest BCUT2D eigenvalue weighted by atomic mass is 35.5. The van der Waals surface area contributed by atoms with Gasteiger partial charge in [-0.05, 0) is 38.1 Å². The number of rotatable bonds is 5. The van der Waals surface area contributed by atoms with Crippen LogP contribution in [0.5, 0.6) is 0 Å². The van der Waals surface area contributed by atoms with Crippen LogP contribution >= 0.6 is 23.2 Å². The Morgan fingerprint density at radius 3 is 2.58 bits per heavy atom. The number of ketones is 1. The molecule has 7 heteroatoms. The monoisotopic (exact) mass is 366 g/mol. The number of Topliss-reactive ketones (excluding diaryl/α,β-unsaturated/α-hetero) is 1. The SMILES string of the molecule is Cc1nn(C)c(C)c1/C=C/C(=O)OCC(=O)c1ccc(Cl)cc1Cl. The number of nitrogens with zero attached hydrogens (tertiary/aromatic N) is 2. The molecule has 0 amide bonds. The van der Waals surface area contributed by atoms with Crippen LogP contribution in [0.2, 0.25) is 10.0 Å². The van der Waals surface area contributed by atoms with Crippen molar-refractivity contribution < 1.29 is 14.3 Å². The van der Waals surface area contributed by atoms with E-state index in [0.29, 0.717) is 5.02 Å². The molecule has 24 heavy (non-hydrogen) atoms.